The van der Waals surface area contributed by atoms with Crippen LogP contribution < -0.4 is 0 Å². The first-order valence-electron chi connectivity index (χ1n) is 4.06. The van der Waals surface area contributed by atoms with Gasteiger partial charge in [-0.1, -0.05) is 13.0 Å². The molecule has 1 heterocycles. The first-order chi connectivity index (χ1) is 4.88. The third-order valence-electron chi connectivity index (χ3n) is 1.76. The summed E-state index contributed by atoms with van der Waals surface area (Å²) in [5.74, 6) is 0. The van der Waals surface area contributed by atoms with E-state index in [1.54, 1.807) is 0 Å². The van der Waals surface area contributed by atoms with Crippen LogP contribution in [0.25, 0.3) is 0 Å². The van der Waals surface area contributed by atoms with Gasteiger partial charge in [0.05, 0.1) is 0 Å². The molecule has 2 heteroatoms. The molecule has 0 saturated carbocycles. The van der Waals surface area contributed by atoms with Crippen LogP contribution in [0.5, 0.6) is 0 Å². The number of hydrazine groups is 1. The van der Waals surface area contributed by atoms with Crippen molar-refractivity contribution in [2.75, 3.05) is 19.6 Å². The highest BCUT2D eigenvalue weighted by Gasteiger charge is 2.11. The van der Waals surface area contributed by atoms with E-state index >= 15 is 0 Å². The molecule has 0 aliphatic carbocycles. The highest BCUT2D eigenvalue weighted by Crippen LogP contribution is 2.06. The van der Waals surface area contributed by atoms with Crippen molar-refractivity contribution >= 4 is 0 Å². The van der Waals surface area contributed by atoms with Gasteiger partial charge in [-0.05, 0) is 13.3 Å². The Morgan fingerprint density at radius 1 is 1.40 bits per heavy atom. The van der Waals surface area contributed by atoms with Gasteiger partial charge < -0.3 is 5.01 Å². The molecule has 0 amide bonds. The molecule has 58 valence electrons. The SMILES string of the molecule is CCCN1CC=CN1CC. The van der Waals surface area contributed by atoms with E-state index in [0.717, 1.165) is 13.1 Å². The van der Waals surface area contributed by atoms with Crippen LogP contribution in [0.4, 0.5) is 0 Å². The first kappa shape index (κ1) is 7.61. The van der Waals surface area contributed by atoms with E-state index in [-0.39, 0.29) is 0 Å². The number of nitrogens with zero attached hydrogens (tertiary/aromatic N) is 2. The predicted octanol–water partition coefficient (Wildman–Crippen LogP) is 1.46. The summed E-state index contributed by atoms with van der Waals surface area (Å²) < 4.78 is 0. The molecule has 10 heavy (non-hydrogen) atoms. The van der Waals surface area contributed by atoms with Gasteiger partial charge in [-0.3, -0.25) is 0 Å². The molecule has 0 aromatic rings. The van der Waals surface area contributed by atoms with E-state index in [9.17, 15) is 0 Å². The lowest BCUT2D eigenvalue weighted by Gasteiger charge is -2.27. The summed E-state index contributed by atoms with van der Waals surface area (Å²) in [6, 6.07) is 0. The Bertz CT molecular complexity index is 120. The quantitative estimate of drug-likeness (QED) is 0.585. The van der Waals surface area contributed by atoms with Gasteiger partial charge in [0.15, 0.2) is 0 Å². The lowest BCUT2D eigenvalue weighted by molar-refractivity contribution is 0.0578. The maximum atomic E-state index is 2.36. The van der Waals surface area contributed by atoms with E-state index in [1.807, 2.05) is 0 Å². The molecular weight excluding hydrogens is 124 g/mol. The zero-order valence-electron chi connectivity index (χ0n) is 6.88. The maximum absolute atomic E-state index is 2.36. The molecule has 0 radical (unpaired) electrons. The zero-order valence-corrected chi connectivity index (χ0v) is 6.88. The molecule has 0 aromatic heterocycles. The second-order valence-corrected chi connectivity index (χ2v) is 2.55. The largest absolute Gasteiger partial charge is 0.313 e. The monoisotopic (exact) mass is 140 g/mol. The minimum absolute atomic E-state index is 1.09. The van der Waals surface area contributed by atoms with E-state index in [1.165, 1.54) is 13.0 Å². The van der Waals surface area contributed by atoms with Gasteiger partial charge in [0, 0.05) is 25.8 Å². The Hall–Kier alpha value is -0.500. The Balaban J connectivity index is 2.32. The molecule has 2 nitrogen and oxygen atoms in total. The molecular formula is C8H16N2. The van der Waals surface area contributed by atoms with Crippen molar-refractivity contribution in [3.8, 4) is 0 Å². The van der Waals surface area contributed by atoms with Crippen LogP contribution in [0, 0.1) is 0 Å². The maximum Gasteiger partial charge on any atom is 0.0379 e. The molecule has 0 aromatic carbocycles. The number of hydrogen-bond acceptors (Lipinski definition) is 2. The molecule has 1 aliphatic heterocycles. The summed E-state index contributed by atoms with van der Waals surface area (Å²) in [6.07, 6.45) is 5.60. The van der Waals surface area contributed by atoms with Crippen LogP contribution in [0.3, 0.4) is 0 Å². The normalized spacial score (nSPS) is 18.8. The Morgan fingerprint density at radius 3 is 2.80 bits per heavy atom. The molecule has 0 saturated heterocycles. The Kier molecular flexibility index (Phi) is 2.75. The van der Waals surface area contributed by atoms with Crippen molar-refractivity contribution in [1.82, 2.24) is 10.0 Å². The Morgan fingerprint density at radius 2 is 2.20 bits per heavy atom. The van der Waals surface area contributed by atoms with Crippen molar-refractivity contribution in [1.29, 1.82) is 0 Å². The fourth-order valence-corrected chi connectivity index (χ4v) is 1.27. The summed E-state index contributed by atoms with van der Waals surface area (Å²) in [5.41, 5.74) is 0. The minimum atomic E-state index is 1.09. The van der Waals surface area contributed by atoms with Crippen LogP contribution in [-0.4, -0.2) is 29.7 Å². The second-order valence-electron chi connectivity index (χ2n) is 2.55. The van der Waals surface area contributed by atoms with Gasteiger partial charge in [0.1, 0.15) is 0 Å². The third-order valence-corrected chi connectivity index (χ3v) is 1.76. The lowest BCUT2D eigenvalue weighted by Crippen LogP contribution is -2.35. The standard InChI is InChI=1S/C8H16N2/c1-3-6-10-8-5-7-9(10)4-2/h5,7H,3-4,6,8H2,1-2H3. The van der Waals surface area contributed by atoms with Gasteiger partial charge in [-0.15, -0.1) is 0 Å². The summed E-state index contributed by atoms with van der Waals surface area (Å²) in [5, 5.41) is 4.63. The second kappa shape index (κ2) is 3.62. The molecule has 1 aliphatic rings. The molecule has 0 atom stereocenters. The first-order valence-corrected chi connectivity index (χ1v) is 4.06. The topological polar surface area (TPSA) is 6.48 Å². The minimum Gasteiger partial charge on any atom is -0.313 e. The third kappa shape index (κ3) is 1.51. The average molecular weight is 140 g/mol. The summed E-state index contributed by atoms with van der Waals surface area (Å²) in [6.45, 7) is 7.77. The number of rotatable bonds is 3. The van der Waals surface area contributed by atoms with Crippen LogP contribution in [0.15, 0.2) is 12.3 Å². The van der Waals surface area contributed by atoms with Crippen molar-refractivity contribution < 1.29 is 0 Å². The van der Waals surface area contributed by atoms with E-state index in [0.29, 0.717) is 0 Å². The van der Waals surface area contributed by atoms with Crippen LogP contribution >= 0.6 is 0 Å². The summed E-state index contributed by atoms with van der Waals surface area (Å²) >= 11 is 0. The average Bonchev–Trinajstić information content (AvgIpc) is 2.36. The van der Waals surface area contributed by atoms with Crippen LogP contribution in [0.2, 0.25) is 0 Å². The van der Waals surface area contributed by atoms with Gasteiger partial charge >= 0.3 is 0 Å². The van der Waals surface area contributed by atoms with Crippen molar-refractivity contribution in [3.05, 3.63) is 12.3 Å². The predicted molar refractivity (Wildman–Crippen MR) is 43.4 cm³/mol. The van der Waals surface area contributed by atoms with E-state index < -0.39 is 0 Å². The summed E-state index contributed by atoms with van der Waals surface area (Å²) in [4.78, 5) is 0. The van der Waals surface area contributed by atoms with Crippen LogP contribution in [0.1, 0.15) is 20.3 Å². The van der Waals surface area contributed by atoms with Gasteiger partial charge in [0.25, 0.3) is 0 Å². The molecule has 1 rings (SSSR count). The van der Waals surface area contributed by atoms with E-state index in [2.05, 4.69) is 36.1 Å². The molecule has 0 fully saturated rings. The van der Waals surface area contributed by atoms with Gasteiger partial charge in [-0.25, -0.2) is 5.01 Å². The highest BCUT2D eigenvalue weighted by molar-refractivity contribution is 4.90. The smallest absolute Gasteiger partial charge is 0.0379 e. The van der Waals surface area contributed by atoms with Gasteiger partial charge in [-0.2, -0.15) is 0 Å². The van der Waals surface area contributed by atoms with Crippen LogP contribution in [-0.2, 0) is 0 Å². The zero-order chi connectivity index (χ0) is 7.40. The molecule has 0 N–H and O–H groups in total. The highest BCUT2D eigenvalue weighted by atomic mass is 15.6. The number of hydrogen-bond donors (Lipinski definition) is 0. The molecule has 0 unspecified atom stereocenters. The summed E-state index contributed by atoms with van der Waals surface area (Å²) in [7, 11) is 0. The fraction of sp³-hybridized carbons (Fsp3) is 0.750. The van der Waals surface area contributed by atoms with Crippen molar-refractivity contribution in [2.45, 2.75) is 20.3 Å². The fourth-order valence-electron chi connectivity index (χ4n) is 1.27. The molecule has 0 bridgehead atoms. The Labute approximate surface area is 63.1 Å². The van der Waals surface area contributed by atoms with Crippen molar-refractivity contribution in [3.63, 3.8) is 0 Å². The lowest BCUT2D eigenvalue weighted by atomic mass is 10.4. The van der Waals surface area contributed by atoms with Crippen molar-refractivity contribution in [2.24, 2.45) is 0 Å². The molecule has 0 spiro atoms. The van der Waals surface area contributed by atoms with Gasteiger partial charge in [0.2, 0.25) is 0 Å². The van der Waals surface area contributed by atoms with E-state index in [4.69, 9.17) is 0 Å².